The van der Waals surface area contributed by atoms with Gasteiger partial charge in [-0.25, -0.2) is 0 Å². The molecule has 0 spiro atoms. The molecule has 0 aliphatic carbocycles. The maximum atomic E-state index is 12.4. The Labute approximate surface area is 178 Å². The average molecular weight is 413 g/mol. The lowest BCUT2D eigenvalue weighted by molar-refractivity contribution is -0.116. The molecule has 2 aromatic rings. The summed E-state index contributed by atoms with van der Waals surface area (Å²) < 4.78 is 0. The Balaban J connectivity index is 1.71. The molecule has 0 fully saturated rings. The molecule has 2 amide bonds. The first kappa shape index (κ1) is 23.0. The Hall–Kier alpha value is -2.27. The van der Waals surface area contributed by atoms with Crippen LogP contribution < -0.4 is 10.6 Å². The maximum Gasteiger partial charge on any atom is 0.237 e. The minimum absolute atomic E-state index is 0.00714. The molecular formula is C24H32N2O2S. The summed E-state index contributed by atoms with van der Waals surface area (Å²) in [4.78, 5) is 24.6. The minimum atomic E-state index is -0.165. The Morgan fingerprint density at radius 3 is 2.14 bits per heavy atom. The van der Waals surface area contributed by atoms with Crippen molar-refractivity contribution in [3.05, 3.63) is 59.2 Å². The number of anilines is 2. The average Bonchev–Trinajstić information content (AvgIpc) is 2.68. The number of nitrogens with one attached hydrogen (secondary N) is 2. The Bertz CT molecular complexity index is 811. The molecule has 2 rings (SSSR count). The van der Waals surface area contributed by atoms with Gasteiger partial charge in [0.25, 0.3) is 0 Å². The van der Waals surface area contributed by atoms with Crippen LogP contribution in [0.3, 0.4) is 0 Å². The SMILES string of the molecule is Cc1cccc(C)c1NC(=O)CCCSC(C)C(=O)Nc1ccc(C(C)C)cc1. The van der Waals surface area contributed by atoms with Crippen LogP contribution in [0.4, 0.5) is 11.4 Å². The zero-order valence-corrected chi connectivity index (χ0v) is 18.9. The van der Waals surface area contributed by atoms with E-state index in [2.05, 4.69) is 24.5 Å². The second-order valence-electron chi connectivity index (χ2n) is 7.70. The van der Waals surface area contributed by atoms with Gasteiger partial charge < -0.3 is 10.6 Å². The fourth-order valence-corrected chi connectivity index (χ4v) is 3.85. The van der Waals surface area contributed by atoms with Gasteiger partial charge in [-0.3, -0.25) is 9.59 Å². The zero-order valence-electron chi connectivity index (χ0n) is 18.0. The van der Waals surface area contributed by atoms with E-state index in [1.807, 2.05) is 63.2 Å². The summed E-state index contributed by atoms with van der Waals surface area (Å²) >= 11 is 1.57. The highest BCUT2D eigenvalue weighted by Gasteiger charge is 2.14. The van der Waals surface area contributed by atoms with Crippen molar-refractivity contribution in [2.45, 2.75) is 58.6 Å². The molecule has 29 heavy (non-hydrogen) atoms. The zero-order chi connectivity index (χ0) is 21.4. The van der Waals surface area contributed by atoms with Crippen LogP contribution >= 0.6 is 11.8 Å². The normalized spacial score (nSPS) is 11.9. The number of benzene rings is 2. The van der Waals surface area contributed by atoms with E-state index in [-0.39, 0.29) is 17.1 Å². The summed E-state index contributed by atoms with van der Waals surface area (Å²) in [5.41, 5.74) is 5.12. The Kier molecular flexibility index (Phi) is 8.77. The fourth-order valence-electron chi connectivity index (χ4n) is 2.98. The summed E-state index contributed by atoms with van der Waals surface area (Å²) in [6.07, 6.45) is 1.19. The van der Waals surface area contributed by atoms with E-state index in [9.17, 15) is 9.59 Å². The van der Waals surface area contributed by atoms with Gasteiger partial charge in [0.2, 0.25) is 11.8 Å². The molecule has 1 atom stereocenters. The van der Waals surface area contributed by atoms with Crippen LogP contribution in [-0.4, -0.2) is 22.8 Å². The molecule has 0 radical (unpaired) electrons. The van der Waals surface area contributed by atoms with Crippen LogP contribution in [0.15, 0.2) is 42.5 Å². The molecule has 0 aliphatic heterocycles. The smallest absolute Gasteiger partial charge is 0.237 e. The number of hydrogen-bond donors (Lipinski definition) is 2. The number of hydrogen-bond acceptors (Lipinski definition) is 3. The number of carbonyl (C=O) groups is 2. The summed E-state index contributed by atoms with van der Waals surface area (Å²) in [5, 5.41) is 5.81. The standard InChI is InChI=1S/C24H32N2O2S/c1-16(2)20-11-13-21(14-12-20)25-24(28)19(5)29-15-7-10-22(27)26-23-17(3)8-6-9-18(23)4/h6,8-9,11-14,16,19H,7,10,15H2,1-5H3,(H,25,28)(H,26,27). The van der Waals surface area contributed by atoms with Crippen molar-refractivity contribution in [3.8, 4) is 0 Å². The van der Waals surface area contributed by atoms with Gasteiger partial charge in [0.15, 0.2) is 0 Å². The molecule has 0 saturated heterocycles. The third kappa shape index (κ3) is 7.24. The highest BCUT2D eigenvalue weighted by Crippen LogP contribution is 2.21. The van der Waals surface area contributed by atoms with Gasteiger partial charge >= 0.3 is 0 Å². The van der Waals surface area contributed by atoms with Crippen LogP contribution in [-0.2, 0) is 9.59 Å². The van der Waals surface area contributed by atoms with Crippen LogP contribution in [0.2, 0.25) is 0 Å². The quantitative estimate of drug-likeness (QED) is 0.504. The molecule has 2 aromatic carbocycles. The molecule has 5 heteroatoms. The first-order valence-electron chi connectivity index (χ1n) is 10.2. The number of aryl methyl sites for hydroxylation is 2. The van der Waals surface area contributed by atoms with E-state index in [0.717, 1.165) is 34.7 Å². The van der Waals surface area contributed by atoms with E-state index < -0.39 is 0 Å². The molecule has 2 N–H and O–H groups in total. The second kappa shape index (κ2) is 11.1. The van der Waals surface area contributed by atoms with Crippen molar-refractivity contribution in [2.24, 2.45) is 0 Å². The van der Waals surface area contributed by atoms with E-state index in [0.29, 0.717) is 12.3 Å². The summed E-state index contributed by atoms with van der Waals surface area (Å²) in [6.45, 7) is 10.2. The molecule has 0 bridgehead atoms. The maximum absolute atomic E-state index is 12.4. The van der Waals surface area contributed by atoms with E-state index in [1.54, 1.807) is 11.8 Å². The van der Waals surface area contributed by atoms with Crippen LogP contribution in [0.1, 0.15) is 56.2 Å². The number of amides is 2. The Morgan fingerprint density at radius 2 is 1.55 bits per heavy atom. The topological polar surface area (TPSA) is 58.2 Å². The number of para-hydroxylation sites is 1. The van der Waals surface area contributed by atoms with Crippen molar-refractivity contribution < 1.29 is 9.59 Å². The summed E-state index contributed by atoms with van der Waals surface area (Å²) in [5.74, 6) is 1.25. The molecule has 1 unspecified atom stereocenters. The third-order valence-electron chi connectivity index (χ3n) is 4.88. The lowest BCUT2D eigenvalue weighted by Crippen LogP contribution is -2.23. The van der Waals surface area contributed by atoms with E-state index in [1.165, 1.54) is 5.56 Å². The van der Waals surface area contributed by atoms with E-state index >= 15 is 0 Å². The largest absolute Gasteiger partial charge is 0.326 e. The molecule has 0 heterocycles. The third-order valence-corrected chi connectivity index (χ3v) is 6.11. The summed E-state index contributed by atoms with van der Waals surface area (Å²) in [6, 6.07) is 14.0. The van der Waals surface area contributed by atoms with Crippen molar-refractivity contribution in [1.29, 1.82) is 0 Å². The minimum Gasteiger partial charge on any atom is -0.326 e. The van der Waals surface area contributed by atoms with Gasteiger partial charge in [-0.05, 0) is 67.7 Å². The predicted molar refractivity (Wildman–Crippen MR) is 125 cm³/mol. The van der Waals surface area contributed by atoms with Crippen molar-refractivity contribution in [3.63, 3.8) is 0 Å². The Morgan fingerprint density at radius 1 is 0.931 bits per heavy atom. The predicted octanol–water partition coefficient (Wildman–Crippen LogP) is 5.91. The molecule has 0 aliphatic rings. The fraction of sp³-hybridized carbons (Fsp3) is 0.417. The number of thioether (sulfide) groups is 1. The highest BCUT2D eigenvalue weighted by molar-refractivity contribution is 8.00. The molecule has 0 saturated carbocycles. The monoisotopic (exact) mass is 412 g/mol. The van der Waals surface area contributed by atoms with Gasteiger partial charge in [-0.15, -0.1) is 11.8 Å². The van der Waals surface area contributed by atoms with Gasteiger partial charge in [0.05, 0.1) is 5.25 Å². The van der Waals surface area contributed by atoms with Gasteiger partial charge in [0, 0.05) is 17.8 Å². The van der Waals surface area contributed by atoms with Crippen LogP contribution in [0.25, 0.3) is 0 Å². The van der Waals surface area contributed by atoms with Crippen molar-refractivity contribution in [2.75, 3.05) is 16.4 Å². The van der Waals surface area contributed by atoms with Crippen molar-refractivity contribution >= 4 is 35.0 Å². The highest BCUT2D eigenvalue weighted by atomic mass is 32.2. The van der Waals surface area contributed by atoms with Gasteiger partial charge in [-0.2, -0.15) is 0 Å². The lowest BCUT2D eigenvalue weighted by Gasteiger charge is -2.13. The van der Waals surface area contributed by atoms with Gasteiger partial charge in [-0.1, -0.05) is 44.2 Å². The molecule has 156 valence electrons. The van der Waals surface area contributed by atoms with Gasteiger partial charge in [0.1, 0.15) is 0 Å². The lowest BCUT2D eigenvalue weighted by atomic mass is 10.0. The van der Waals surface area contributed by atoms with Crippen LogP contribution in [0.5, 0.6) is 0 Å². The first-order valence-corrected chi connectivity index (χ1v) is 11.2. The second-order valence-corrected chi connectivity index (χ2v) is 9.15. The molecule has 4 nitrogen and oxygen atoms in total. The number of rotatable bonds is 9. The first-order chi connectivity index (χ1) is 13.8. The molecule has 0 aromatic heterocycles. The van der Waals surface area contributed by atoms with Crippen LogP contribution in [0, 0.1) is 13.8 Å². The molecular weight excluding hydrogens is 380 g/mol. The van der Waals surface area contributed by atoms with E-state index in [4.69, 9.17) is 0 Å². The summed E-state index contributed by atoms with van der Waals surface area (Å²) in [7, 11) is 0. The van der Waals surface area contributed by atoms with Crippen molar-refractivity contribution in [1.82, 2.24) is 0 Å². The number of carbonyl (C=O) groups excluding carboxylic acids is 2.